The lowest BCUT2D eigenvalue weighted by atomic mass is 10.2. The van der Waals surface area contributed by atoms with Crippen molar-refractivity contribution < 1.29 is 14.3 Å². The van der Waals surface area contributed by atoms with Crippen LogP contribution in [0.3, 0.4) is 0 Å². The van der Waals surface area contributed by atoms with Crippen molar-refractivity contribution in [3.63, 3.8) is 0 Å². The third-order valence-electron chi connectivity index (χ3n) is 6.56. The van der Waals surface area contributed by atoms with Crippen LogP contribution in [0.1, 0.15) is 10.4 Å². The molecule has 2 saturated carbocycles. The summed E-state index contributed by atoms with van der Waals surface area (Å²) >= 11 is 0. The van der Waals surface area contributed by atoms with Gasteiger partial charge in [0.05, 0.1) is 12.1 Å². The van der Waals surface area contributed by atoms with E-state index in [4.69, 9.17) is 10.1 Å². The summed E-state index contributed by atoms with van der Waals surface area (Å²) in [7, 11) is 1.52. The largest absolute Gasteiger partial charge is 0.488 e. The van der Waals surface area contributed by atoms with E-state index >= 15 is 0 Å². The minimum atomic E-state index is -0.369. The highest BCUT2D eigenvalue weighted by Crippen LogP contribution is 2.75. The Kier molecular flexibility index (Phi) is 3.20. The van der Waals surface area contributed by atoms with Gasteiger partial charge < -0.3 is 19.9 Å². The van der Waals surface area contributed by atoms with E-state index in [0.717, 1.165) is 30.0 Å². The Labute approximate surface area is 166 Å². The minimum absolute atomic E-state index is 0.0401. The summed E-state index contributed by atoms with van der Waals surface area (Å²) in [4.78, 5) is 33.1. The Hall–Kier alpha value is -3.36. The van der Waals surface area contributed by atoms with E-state index in [9.17, 15) is 9.59 Å². The number of nitrogens with zero attached hydrogens (tertiary/aromatic N) is 4. The summed E-state index contributed by atoms with van der Waals surface area (Å²) in [6, 6.07) is 5.26. The molecule has 0 radical (unpaired) electrons. The molecule has 5 heterocycles. The molecular weight excluding hydrogens is 372 g/mol. The van der Waals surface area contributed by atoms with Crippen molar-refractivity contribution in [1.29, 1.82) is 5.41 Å². The predicted octanol–water partition coefficient (Wildman–Crippen LogP) is 0.781. The molecule has 5 aliphatic rings. The molecule has 2 unspecified atom stereocenters. The fraction of sp³-hybridized carbons (Fsp3) is 0.400. The van der Waals surface area contributed by atoms with Gasteiger partial charge in [0.1, 0.15) is 12.1 Å². The maximum atomic E-state index is 12.9. The first kappa shape index (κ1) is 16.6. The third kappa shape index (κ3) is 2.27. The first-order valence-corrected chi connectivity index (χ1v) is 9.79. The van der Waals surface area contributed by atoms with Crippen molar-refractivity contribution in [3.05, 3.63) is 41.6 Å². The number of hydrogen-bond acceptors (Lipinski definition) is 6. The molecule has 2 N–H and O–H groups in total. The maximum Gasteiger partial charge on any atom is 0.326 e. The number of nitrogens with one attached hydrogen (secondary N) is 2. The predicted molar refractivity (Wildman–Crippen MR) is 102 cm³/mol. The number of hydrogen-bond donors (Lipinski definition) is 2. The van der Waals surface area contributed by atoms with Gasteiger partial charge in [-0.2, -0.15) is 0 Å². The number of ether oxygens (including phenoxy) is 1. The van der Waals surface area contributed by atoms with Crippen molar-refractivity contribution in [1.82, 2.24) is 19.8 Å². The van der Waals surface area contributed by atoms with Crippen LogP contribution in [-0.2, 0) is 0 Å². The lowest BCUT2D eigenvalue weighted by Gasteiger charge is -2.30. The Morgan fingerprint density at radius 2 is 2.14 bits per heavy atom. The van der Waals surface area contributed by atoms with Crippen LogP contribution in [0.25, 0.3) is 0 Å². The topological polar surface area (TPSA) is 104 Å². The fourth-order valence-corrected chi connectivity index (χ4v) is 4.94. The molecule has 3 aliphatic heterocycles. The van der Waals surface area contributed by atoms with Crippen LogP contribution in [0.15, 0.2) is 30.6 Å². The van der Waals surface area contributed by atoms with Crippen molar-refractivity contribution in [2.75, 3.05) is 31.6 Å². The molecule has 2 aromatic heterocycles. The first-order chi connectivity index (χ1) is 14.1. The minimum Gasteiger partial charge on any atom is -0.488 e. The second kappa shape index (κ2) is 5.59. The van der Waals surface area contributed by atoms with Gasteiger partial charge in [-0.15, -0.1) is 0 Å². The summed E-state index contributed by atoms with van der Waals surface area (Å²) in [5, 5.41) is 10.6. The molecule has 2 aromatic rings. The molecule has 2 aliphatic carbocycles. The number of rotatable bonds is 2. The van der Waals surface area contributed by atoms with Crippen molar-refractivity contribution in [2.45, 2.75) is 6.04 Å². The SMILES string of the molecule is CNC(=O)n1ccc(N2CCOc3cc(C(=O)N4CC5C6C5C64)cnc32)cc1=N. The van der Waals surface area contributed by atoms with E-state index in [1.54, 1.807) is 30.6 Å². The van der Waals surface area contributed by atoms with Crippen molar-refractivity contribution in [2.24, 2.45) is 17.8 Å². The first-order valence-electron chi connectivity index (χ1n) is 9.79. The highest BCUT2D eigenvalue weighted by atomic mass is 16.5. The average molecular weight is 392 g/mol. The highest BCUT2D eigenvalue weighted by molar-refractivity contribution is 5.96. The molecule has 0 aromatic carbocycles. The van der Waals surface area contributed by atoms with E-state index < -0.39 is 0 Å². The van der Waals surface area contributed by atoms with Crippen LogP contribution in [0, 0.1) is 23.2 Å². The lowest BCUT2D eigenvalue weighted by molar-refractivity contribution is 0.0780. The van der Waals surface area contributed by atoms with Gasteiger partial charge in [-0.25, -0.2) is 9.78 Å². The lowest BCUT2D eigenvalue weighted by Crippen LogP contribution is -2.35. The van der Waals surface area contributed by atoms with Crippen LogP contribution >= 0.6 is 0 Å². The van der Waals surface area contributed by atoms with Crippen molar-refractivity contribution in [3.8, 4) is 5.75 Å². The molecular formula is C20H20N6O3. The van der Waals surface area contributed by atoms with Crippen molar-refractivity contribution >= 4 is 23.4 Å². The normalized spacial score (nSPS) is 27.6. The summed E-state index contributed by atoms with van der Waals surface area (Å²) in [6.45, 7) is 1.89. The molecule has 29 heavy (non-hydrogen) atoms. The fourth-order valence-electron chi connectivity index (χ4n) is 4.94. The summed E-state index contributed by atoms with van der Waals surface area (Å²) in [5.41, 5.74) is 1.37. The van der Waals surface area contributed by atoms with Crippen LogP contribution in [0.2, 0.25) is 0 Å². The van der Waals surface area contributed by atoms with Gasteiger partial charge in [-0.1, -0.05) is 0 Å². The molecule has 2 amide bonds. The van der Waals surface area contributed by atoms with Crippen LogP contribution in [0.5, 0.6) is 5.75 Å². The molecule has 9 nitrogen and oxygen atoms in total. The smallest absolute Gasteiger partial charge is 0.326 e. The van der Waals surface area contributed by atoms with Crippen LogP contribution in [-0.4, -0.2) is 59.2 Å². The Bertz CT molecular complexity index is 1110. The standard InChI is InChI=1S/C20H20N6O3/c1-22-20(28)25-3-2-11(7-14(25)21)24-4-5-29-13-6-10(8-23-18(13)24)19(27)26-9-12-15-16(12)17(15)26/h2-3,6-8,12,15-17,21H,4-5,9H2,1H3,(H,22,28). The molecule has 9 heteroatoms. The van der Waals surface area contributed by atoms with Gasteiger partial charge in [-0.05, 0) is 29.9 Å². The van der Waals surface area contributed by atoms with E-state index in [-0.39, 0.29) is 17.4 Å². The van der Waals surface area contributed by atoms with E-state index in [2.05, 4.69) is 10.3 Å². The number of carbonyl (C=O) groups is 2. The molecule has 2 atom stereocenters. The van der Waals surface area contributed by atoms with Gasteiger partial charge >= 0.3 is 6.03 Å². The van der Waals surface area contributed by atoms with E-state index in [1.807, 2.05) is 9.80 Å². The van der Waals surface area contributed by atoms with E-state index in [0.29, 0.717) is 36.3 Å². The molecule has 148 valence electrons. The number of pyridine rings is 2. The van der Waals surface area contributed by atoms with Gasteiger partial charge in [0.2, 0.25) is 0 Å². The molecule has 2 bridgehead atoms. The molecule has 0 spiro atoms. The molecule has 2 saturated heterocycles. The van der Waals surface area contributed by atoms with E-state index in [1.165, 1.54) is 11.6 Å². The summed E-state index contributed by atoms with van der Waals surface area (Å²) in [5.74, 6) is 3.50. The zero-order valence-electron chi connectivity index (χ0n) is 15.8. The second-order valence-corrected chi connectivity index (χ2v) is 8.01. The highest BCUT2D eigenvalue weighted by Gasteiger charge is 2.81. The summed E-state index contributed by atoms with van der Waals surface area (Å²) < 4.78 is 7.02. The van der Waals surface area contributed by atoms with Crippen LogP contribution < -0.4 is 20.4 Å². The summed E-state index contributed by atoms with van der Waals surface area (Å²) in [6.07, 6.45) is 3.18. The zero-order chi connectivity index (χ0) is 19.9. The van der Waals surface area contributed by atoms with Gasteiger partial charge in [0, 0.05) is 43.8 Å². The number of fused-ring (bicyclic) bond motifs is 2. The number of anilines is 2. The van der Waals surface area contributed by atoms with Gasteiger partial charge in [0.15, 0.2) is 11.6 Å². The molecule has 7 rings (SSSR count). The van der Waals surface area contributed by atoms with Crippen LogP contribution in [0.4, 0.5) is 16.3 Å². The average Bonchev–Trinajstić information content (AvgIpc) is 3.56. The monoisotopic (exact) mass is 392 g/mol. The zero-order valence-corrected chi connectivity index (χ0v) is 15.8. The number of carbonyl (C=O) groups excluding carboxylic acids is 2. The van der Waals surface area contributed by atoms with Gasteiger partial charge in [-0.3, -0.25) is 14.8 Å². The quantitative estimate of drug-likeness (QED) is 0.786. The Morgan fingerprint density at radius 3 is 2.83 bits per heavy atom. The second-order valence-electron chi connectivity index (χ2n) is 8.01. The number of aromatic nitrogens is 2. The third-order valence-corrected chi connectivity index (χ3v) is 6.56. The number of amides is 2. The van der Waals surface area contributed by atoms with Gasteiger partial charge in [0.25, 0.3) is 5.91 Å². The number of piperidine rings is 1. The Balaban J connectivity index is 1.30. The maximum absolute atomic E-state index is 12.9. The molecule has 4 fully saturated rings. The Morgan fingerprint density at radius 1 is 1.31 bits per heavy atom.